The van der Waals surface area contributed by atoms with Crippen LogP contribution in [0.4, 0.5) is 27.6 Å². The molecule has 1 aromatic carbocycles. The Balaban J connectivity index is 2.67. The van der Waals surface area contributed by atoms with Crippen LogP contribution in [0.5, 0.6) is 0 Å². The number of halogens is 5. The van der Waals surface area contributed by atoms with Crippen LogP contribution in [0.1, 0.15) is 0 Å². The van der Waals surface area contributed by atoms with Crippen LogP contribution in [0.3, 0.4) is 0 Å². The molecule has 8 heteroatoms. The summed E-state index contributed by atoms with van der Waals surface area (Å²) in [6.07, 6.45) is -7.28. The number of para-hydroxylation sites is 1. The molecule has 1 unspecified atom stereocenters. The van der Waals surface area contributed by atoms with Crippen LogP contribution >= 0.6 is 11.8 Å². The highest BCUT2D eigenvalue weighted by molar-refractivity contribution is 7.99. The van der Waals surface area contributed by atoms with E-state index in [2.05, 4.69) is 5.32 Å². The van der Waals surface area contributed by atoms with Crippen LogP contribution in [0.25, 0.3) is 0 Å². The van der Waals surface area contributed by atoms with E-state index in [4.69, 9.17) is 5.11 Å². The minimum atomic E-state index is -4.74. The normalized spacial score (nSPS) is 13.7. The second kappa shape index (κ2) is 6.24. The van der Waals surface area contributed by atoms with Gasteiger partial charge in [-0.15, -0.1) is 0 Å². The van der Waals surface area contributed by atoms with Crippen LogP contribution in [0.2, 0.25) is 0 Å². The lowest BCUT2D eigenvalue weighted by Gasteiger charge is -2.17. The number of anilines is 1. The van der Waals surface area contributed by atoms with Gasteiger partial charge in [0.05, 0.1) is 0 Å². The van der Waals surface area contributed by atoms with Gasteiger partial charge in [-0.05, 0) is 12.1 Å². The number of aliphatic hydroxyl groups excluding tert-OH is 1. The largest absolute Gasteiger partial charge is 0.416 e. The molecule has 0 saturated heterocycles. The maximum absolute atomic E-state index is 12.2. The SMILES string of the molecule is OC(CNc1ccccc1SC(F)F)C(F)(F)F. The summed E-state index contributed by atoms with van der Waals surface area (Å²) in [5.41, 5.74) is 0.131. The molecule has 0 aromatic heterocycles. The van der Waals surface area contributed by atoms with Crippen LogP contribution < -0.4 is 5.32 Å². The van der Waals surface area contributed by atoms with Crippen molar-refractivity contribution in [1.29, 1.82) is 0 Å². The van der Waals surface area contributed by atoms with E-state index in [-0.39, 0.29) is 22.3 Å². The van der Waals surface area contributed by atoms with Crippen molar-refractivity contribution < 1.29 is 27.1 Å². The number of aliphatic hydroxyl groups is 1. The third-order valence-electron chi connectivity index (χ3n) is 1.97. The number of nitrogens with one attached hydrogen (secondary N) is 1. The first-order valence-electron chi connectivity index (χ1n) is 4.83. The molecule has 1 atom stereocenters. The van der Waals surface area contributed by atoms with Gasteiger partial charge in [-0.2, -0.15) is 22.0 Å². The molecule has 0 radical (unpaired) electrons. The molecular weight excluding hydrogens is 277 g/mol. The number of rotatable bonds is 5. The average Bonchev–Trinajstić information content (AvgIpc) is 2.25. The Labute approximate surface area is 104 Å². The summed E-state index contributed by atoms with van der Waals surface area (Å²) in [4.78, 5) is 0.127. The molecule has 0 heterocycles. The number of hydrogen-bond donors (Lipinski definition) is 2. The van der Waals surface area contributed by atoms with Crippen molar-refractivity contribution in [2.45, 2.75) is 22.9 Å². The monoisotopic (exact) mass is 287 g/mol. The fourth-order valence-electron chi connectivity index (χ4n) is 1.13. The Hall–Kier alpha value is -1.02. The minimum Gasteiger partial charge on any atom is -0.382 e. The first-order valence-corrected chi connectivity index (χ1v) is 5.71. The summed E-state index contributed by atoms with van der Waals surface area (Å²) in [6.45, 7) is -0.787. The Morgan fingerprint density at radius 3 is 2.39 bits per heavy atom. The first kappa shape index (κ1) is 15.0. The molecule has 0 amide bonds. The molecule has 0 aliphatic rings. The van der Waals surface area contributed by atoms with E-state index in [9.17, 15) is 22.0 Å². The zero-order valence-electron chi connectivity index (χ0n) is 8.92. The quantitative estimate of drug-likeness (QED) is 0.643. The second-order valence-corrected chi connectivity index (χ2v) is 4.34. The number of alkyl halides is 5. The van der Waals surface area contributed by atoms with Gasteiger partial charge in [0.2, 0.25) is 0 Å². The van der Waals surface area contributed by atoms with E-state index < -0.39 is 24.6 Å². The van der Waals surface area contributed by atoms with Crippen LogP contribution in [0.15, 0.2) is 29.2 Å². The zero-order valence-corrected chi connectivity index (χ0v) is 9.73. The first-order chi connectivity index (χ1) is 8.30. The van der Waals surface area contributed by atoms with Gasteiger partial charge in [0, 0.05) is 17.1 Å². The fourth-order valence-corrected chi connectivity index (χ4v) is 1.75. The van der Waals surface area contributed by atoms with Gasteiger partial charge in [0.1, 0.15) is 0 Å². The van der Waals surface area contributed by atoms with Crippen molar-refractivity contribution in [2.75, 3.05) is 11.9 Å². The number of hydrogen-bond acceptors (Lipinski definition) is 3. The molecule has 0 bridgehead atoms. The fraction of sp³-hybridized carbons (Fsp3) is 0.400. The van der Waals surface area contributed by atoms with Gasteiger partial charge in [-0.25, -0.2) is 0 Å². The van der Waals surface area contributed by atoms with Crippen molar-refractivity contribution in [1.82, 2.24) is 0 Å². The Kier molecular flexibility index (Phi) is 5.21. The molecule has 2 N–H and O–H groups in total. The lowest BCUT2D eigenvalue weighted by Crippen LogP contribution is -2.35. The molecule has 1 aromatic rings. The van der Waals surface area contributed by atoms with Gasteiger partial charge in [0.15, 0.2) is 6.10 Å². The maximum Gasteiger partial charge on any atom is 0.416 e. The Bertz CT molecular complexity index is 385. The van der Waals surface area contributed by atoms with E-state index in [1.54, 1.807) is 0 Å². The highest BCUT2D eigenvalue weighted by Crippen LogP contribution is 2.32. The van der Waals surface area contributed by atoms with Crippen molar-refractivity contribution >= 4 is 17.4 Å². The van der Waals surface area contributed by atoms with E-state index >= 15 is 0 Å². The summed E-state index contributed by atoms with van der Waals surface area (Å²) in [7, 11) is 0. The van der Waals surface area contributed by atoms with Gasteiger partial charge in [-0.1, -0.05) is 23.9 Å². The predicted molar refractivity (Wildman–Crippen MR) is 58.9 cm³/mol. The third-order valence-corrected chi connectivity index (χ3v) is 2.75. The lowest BCUT2D eigenvalue weighted by molar-refractivity contribution is -0.198. The van der Waals surface area contributed by atoms with Crippen molar-refractivity contribution in [3.05, 3.63) is 24.3 Å². The van der Waals surface area contributed by atoms with E-state index in [1.807, 2.05) is 0 Å². The van der Waals surface area contributed by atoms with E-state index in [1.165, 1.54) is 24.3 Å². The minimum absolute atomic E-state index is 0.127. The summed E-state index contributed by atoms with van der Waals surface area (Å²) in [6, 6.07) is 5.72. The van der Waals surface area contributed by atoms with E-state index in [0.717, 1.165) is 0 Å². The number of benzene rings is 1. The topological polar surface area (TPSA) is 32.3 Å². The molecule has 102 valence electrons. The van der Waals surface area contributed by atoms with Crippen LogP contribution in [-0.2, 0) is 0 Å². The lowest BCUT2D eigenvalue weighted by atomic mass is 10.3. The third kappa shape index (κ3) is 4.69. The van der Waals surface area contributed by atoms with Crippen LogP contribution in [-0.4, -0.2) is 29.7 Å². The molecule has 0 fully saturated rings. The molecule has 2 nitrogen and oxygen atoms in total. The Morgan fingerprint density at radius 1 is 1.22 bits per heavy atom. The molecule has 1 rings (SSSR count). The second-order valence-electron chi connectivity index (χ2n) is 3.31. The summed E-state index contributed by atoms with van der Waals surface area (Å²) in [5, 5.41) is 11.1. The molecular formula is C10H10F5NOS. The molecule has 0 saturated carbocycles. The summed E-state index contributed by atoms with van der Waals surface area (Å²) < 4.78 is 60.5. The van der Waals surface area contributed by atoms with E-state index in [0.29, 0.717) is 0 Å². The molecule has 0 spiro atoms. The summed E-state index contributed by atoms with van der Waals surface area (Å²) in [5.74, 6) is -2.67. The van der Waals surface area contributed by atoms with Gasteiger partial charge in [-0.3, -0.25) is 0 Å². The molecule has 18 heavy (non-hydrogen) atoms. The highest BCUT2D eigenvalue weighted by Gasteiger charge is 2.37. The maximum atomic E-state index is 12.2. The Morgan fingerprint density at radius 2 is 1.83 bits per heavy atom. The highest BCUT2D eigenvalue weighted by atomic mass is 32.2. The van der Waals surface area contributed by atoms with Gasteiger partial charge < -0.3 is 10.4 Å². The van der Waals surface area contributed by atoms with Gasteiger partial charge in [0.25, 0.3) is 5.76 Å². The van der Waals surface area contributed by atoms with Crippen molar-refractivity contribution in [2.24, 2.45) is 0 Å². The molecule has 0 aliphatic carbocycles. The van der Waals surface area contributed by atoms with Crippen molar-refractivity contribution in [3.63, 3.8) is 0 Å². The van der Waals surface area contributed by atoms with Crippen molar-refractivity contribution in [3.8, 4) is 0 Å². The average molecular weight is 287 g/mol. The zero-order chi connectivity index (χ0) is 13.8. The molecule has 0 aliphatic heterocycles. The predicted octanol–water partition coefficient (Wildman–Crippen LogP) is 3.34. The van der Waals surface area contributed by atoms with Crippen LogP contribution in [0, 0.1) is 0 Å². The number of thioether (sulfide) groups is 1. The van der Waals surface area contributed by atoms with Gasteiger partial charge >= 0.3 is 6.18 Å². The standard InChI is InChI=1S/C10H10F5NOS/c11-9(12)18-7-4-2-1-3-6(7)16-5-8(17)10(13,14)15/h1-4,8-9,16-17H,5H2. The summed E-state index contributed by atoms with van der Waals surface area (Å²) >= 11 is 0.225. The smallest absolute Gasteiger partial charge is 0.382 e.